The Balaban J connectivity index is 2.32. The molecule has 0 saturated heterocycles. The molecule has 0 aromatic carbocycles. The fourth-order valence-electron chi connectivity index (χ4n) is 4.17. The average molecular weight is 368 g/mol. The molecule has 0 aromatic heterocycles. The van der Waals surface area contributed by atoms with Crippen molar-refractivity contribution in [1.29, 1.82) is 0 Å². The van der Waals surface area contributed by atoms with E-state index < -0.39 is 7.72 Å². The van der Waals surface area contributed by atoms with Crippen LogP contribution in [0, 0.1) is 17.8 Å². The van der Waals surface area contributed by atoms with Gasteiger partial charge in [-0.25, -0.2) is 0 Å². The molecule has 0 saturated carbocycles. The van der Waals surface area contributed by atoms with Gasteiger partial charge in [-0.1, -0.05) is 0 Å². The van der Waals surface area contributed by atoms with E-state index in [9.17, 15) is 9.69 Å². The zero-order valence-corrected chi connectivity index (χ0v) is 17.2. The van der Waals surface area contributed by atoms with Crippen molar-refractivity contribution in [2.45, 2.75) is 77.5 Å². The van der Waals surface area contributed by atoms with Crippen LogP contribution in [0.2, 0.25) is 0 Å². The summed E-state index contributed by atoms with van der Waals surface area (Å²) >= 11 is 0. The van der Waals surface area contributed by atoms with Crippen LogP contribution in [-0.4, -0.2) is 29.1 Å². The second-order valence-electron chi connectivity index (χ2n) is 8.23. The van der Waals surface area contributed by atoms with Crippen molar-refractivity contribution in [3.63, 3.8) is 0 Å². The molecule has 1 aliphatic heterocycles. The fraction of sp³-hybridized carbons (Fsp3) is 0.762. The molecule has 4 heteroatoms. The van der Waals surface area contributed by atoms with Crippen molar-refractivity contribution < 1.29 is 14.2 Å². The topological polar surface area (TPSA) is 46.5 Å². The summed E-state index contributed by atoms with van der Waals surface area (Å²) in [6.07, 6.45) is 18.4. The van der Waals surface area contributed by atoms with E-state index in [0.29, 0.717) is 18.0 Å². The zero-order valence-electron chi connectivity index (χ0n) is 16.2. The Bertz CT molecular complexity index is 476. The van der Waals surface area contributed by atoms with Crippen molar-refractivity contribution in [3.8, 4) is 0 Å². The van der Waals surface area contributed by atoms with Gasteiger partial charge in [0.15, 0.2) is 0 Å². The van der Waals surface area contributed by atoms with Gasteiger partial charge in [-0.15, -0.1) is 0 Å². The minimum atomic E-state index is -2.95. The summed E-state index contributed by atoms with van der Waals surface area (Å²) in [7, 11) is -2.95. The van der Waals surface area contributed by atoms with Gasteiger partial charge in [-0.2, -0.15) is 0 Å². The van der Waals surface area contributed by atoms with Crippen LogP contribution in [0.4, 0.5) is 0 Å². The van der Waals surface area contributed by atoms with E-state index in [0.717, 1.165) is 44.8 Å². The molecule has 0 amide bonds. The van der Waals surface area contributed by atoms with Gasteiger partial charge in [-0.3, -0.25) is 0 Å². The van der Waals surface area contributed by atoms with Gasteiger partial charge in [0.2, 0.25) is 0 Å². The Kier molecular flexibility index (Phi) is 8.32. The van der Waals surface area contributed by atoms with Gasteiger partial charge in [0, 0.05) is 0 Å². The van der Waals surface area contributed by atoms with E-state index in [4.69, 9.17) is 4.52 Å². The van der Waals surface area contributed by atoms with Crippen LogP contribution in [0.15, 0.2) is 24.3 Å². The Hall–Kier alpha value is -0.500. The van der Waals surface area contributed by atoms with Crippen LogP contribution in [0.1, 0.15) is 65.7 Å². The van der Waals surface area contributed by atoms with Crippen molar-refractivity contribution >= 4 is 14.0 Å². The van der Waals surface area contributed by atoms with Crippen molar-refractivity contribution in [1.82, 2.24) is 0 Å². The molecule has 144 valence electrons. The second-order valence-corrected chi connectivity index (χ2v) is 11.5. The van der Waals surface area contributed by atoms with E-state index in [1.165, 1.54) is 6.42 Å². The molecule has 0 fully saturated rings. The summed E-state index contributed by atoms with van der Waals surface area (Å²) in [6, 6.07) is 0. The normalized spacial score (nSPS) is 38.7. The first kappa shape index (κ1) is 20.8. The number of allylic oxidation sites excluding steroid dienone is 3. The number of fused-ring (bicyclic) bond motifs is 1. The maximum atomic E-state index is 11.6. The second kappa shape index (κ2) is 10.00. The maximum absolute atomic E-state index is 11.6. The van der Waals surface area contributed by atoms with Crippen molar-refractivity contribution in [3.05, 3.63) is 24.3 Å². The molecule has 2 aliphatic rings. The van der Waals surface area contributed by atoms with Gasteiger partial charge in [0.1, 0.15) is 0 Å². The predicted octanol–water partition coefficient (Wildman–Crippen LogP) is 5.29. The Morgan fingerprint density at radius 1 is 1.16 bits per heavy atom. The molecule has 2 rings (SSSR count). The molecule has 0 aromatic rings. The van der Waals surface area contributed by atoms with Crippen LogP contribution in [0.5, 0.6) is 0 Å². The Morgan fingerprint density at radius 3 is 2.64 bits per heavy atom. The number of rotatable bonds is 3. The number of carbonyl (C=O) groups excluding carboxylic acids is 1. The molecular formula is C21H37O3P. The van der Waals surface area contributed by atoms with Gasteiger partial charge in [0.25, 0.3) is 0 Å². The quantitative estimate of drug-likeness (QED) is 0.418. The zero-order chi connectivity index (χ0) is 18.3. The summed E-state index contributed by atoms with van der Waals surface area (Å²) in [5.74, 6) is 0.587. The predicted molar refractivity (Wildman–Crippen MR) is 108 cm³/mol. The Morgan fingerprint density at radius 2 is 1.88 bits per heavy atom. The van der Waals surface area contributed by atoms with E-state index in [2.05, 4.69) is 38.2 Å². The van der Waals surface area contributed by atoms with Crippen LogP contribution in [-0.2, 0) is 9.32 Å². The first-order chi connectivity index (χ1) is 12.0. The molecule has 3 nitrogen and oxygen atoms in total. The van der Waals surface area contributed by atoms with Crippen LogP contribution >= 0.6 is 7.72 Å². The fourth-order valence-corrected chi connectivity index (χ4v) is 7.38. The van der Waals surface area contributed by atoms with Gasteiger partial charge in [-0.05, 0) is 0 Å². The SMILES string of the molecule is CC(C=O)C[PH]1(O)O[C@H]2CCCC/C=C\C2C(C)/C=C\CCCC1C. The molecule has 4 unspecified atom stereocenters. The van der Waals surface area contributed by atoms with Gasteiger partial charge in [0.05, 0.1) is 0 Å². The third kappa shape index (κ3) is 6.01. The first-order valence-electron chi connectivity index (χ1n) is 10.1. The van der Waals surface area contributed by atoms with E-state index in [1.807, 2.05) is 6.92 Å². The molecule has 1 aliphatic carbocycles. The van der Waals surface area contributed by atoms with E-state index in [-0.39, 0.29) is 17.7 Å². The van der Waals surface area contributed by atoms with Crippen molar-refractivity contribution in [2.24, 2.45) is 17.8 Å². The summed E-state index contributed by atoms with van der Waals surface area (Å²) in [5.41, 5.74) is 0.159. The van der Waals surface area contributed by atoms with Gasteiger partial charge >= 0.3 is 154 Å². The average Bonchev–Trinajstić information content (AvgIpc) is 2.57. The van der Waals surface area contributed by atoms with Crippen LogP contribution < -0.4 is 0 Å². The number of carbonyl (C=O) groups is 1. The minimum absolute atomic E-state index is 0.0623. The summed E-state index contributed by atoms with van der Waals surface area (Å²) in [4.78, 5) is 22.8. The third-order valence-electron chi connectivity index (χ3n) is 5.92. The molecule has 1 heterocycles. The number of hydrogen-bond acceptors (Lipinski definition) is 3. The molecule has 0 radical (unpaired) electrons. The number of aldehydes is 1. The van der Waals surface area contributed by atoms with Crippen LogP contribution in [0.25, 0.3) is 0 Å². The third-order valence-corrected chi connectivity index (χ3v) is 9.69. The van der Waals surface area contributed by atoms with E-state index >= 15 is 0 Å². The number of hydrogen-bond donors (Lipinski definition) is 1. The van der Waals surface area contributed by atoms with Crippen molar-refractivity contribution in [2.75, 3.05) is 6.16 Å². The summed E-state index contributed by atoms with van der Waals surface area (Å²) < 4.78 is 6.62. The molecule has 25 heavy (non-hydrogen) atoms. The summed E-state index contributed by atoms with van der Waals surface area (Å²) in [6.45, 7) is 6.29. The van der Waals surface area contributed by atoms with E-state index in [1.54, 1.807) is 0 Å². The molecule has 0 bridgehead atoms. The molecule has 1 N–H and O–H groups in total. The van der Waals surface area contributed by atoms with Crippen LogP contribution in [0.3, 0.4) is 0 Å². The monoisotopic (exact) mass is 368 g/mol. The van der Waals surface area contributed by atoms with Gasteiger partial charge < -0.3 is 0 Å². The summed E-state index contributed by atoms with van der Waals surface area (Å²) in [5, 5.41) is 0. The molecule has 0 spiro atoms. The molecular weight excluding hydrogens is 331 g/mol. The Labute approximate surface area is 154 Å². The standard InChI is InChI=1S/C21H37O3P/c1-17(15-22)16-25(23)19(3)12-8-6-7-11-18(2)20-13-9-4-5-10-14-21(20)24-25/h7,9,11,13,15,17-21,23,25H,4-6,8,10,12,14,16H2,1-3H3/b11-7-,13-9-/t17?,18?,19?,20?,21-/m0/s1. The molecule has 5 atom stereocenters. The first-order valence-corrected chi connectivity index (χ1v) is 12.3.